The highest BCUT2D eigenvalue weighted by molar-refractivity contribution is 7.98. The van der Waals surface area contributed by atoms with E-state index in [9.17, 15) is 8.42 Å². The number of anilines is 1. The number of nitrogens with zero attached hydrogens (tertiary/aromatic N) is 1. The third-order valence-corrected chi connectivity index (χ3v) is 6.14. The SMILES string of the molecule is CCCNc1ccccc1S(=O)(=O)N(C)C(CC)CSC. The van der Waals surface area contributed by atoms with Crippen molar-refractivity contribution < 1.29 is 8.42 Å². The molecule has 1 rings (SSSR count). The van der Waals surface area contributed by atoms with Crippen LogP contribution in [0.1, 0.15) is 26.7 Å². The molecule has 0 aromatic heterocycles. The smallest absolute Gasteiger partial charge is 0.245 e. The van der Waals surface area contributed by atoms with Crippen molar-refractivity contribution in [3.05, 3.63) is 24.3 Å². The second-order valence-electron chi connectivity index (χ2n) is 4.96. The third-order valence-electron chi connectivity index (χ3n) is 3.45. The molecular weight excluding hydrogens is 304 g/mol. The highest BCUT2D eigenvalue weighted by atomic mass is 32.2. The zero-order chi connectivity index (χ0) is 15.9. The predicted octanol–water partition coefficient (Wildman–Crippen LogP) is 3.27. The van der Waals surface area contributed by atoms with Crippen molar-refractivity contribution in [1.29, 1.82) is 0 Å². The molecule has 1 N–H and O–H groups in total. The van der Waals surface area contributed by atoms with Crippen molar-refractivity contribution in [3.8, 4) is 0 Å². The Labute approximate surface area is 133 Å². The van der Waals surface area contributed by atoms with E-state index in [4.69, 9.17) is 0 Å². The molecule has 0 radical (unpaired) electrons. The molecule has 120 valence electrons. The first-order chi connectivity index (χ1) is 9.98. The minimum atomic E-state index is -3.48. The van der Waals surface area contributed by atoms with Crippen LogP contribution in [0.3, 0.4) is 0 Å². The van der Waals surface area contributed by atoms with E-state index < -0.39 is 10.0 Å². The van der Waals surface area contributed by atoms with Crippen LogP contribution in [-0.2, 0) is 10.0 Å². The van der Waals surface area contributed by atoms with Crippen LogP contribution in [0.2, 0.25) is 0 Å². The molecule has 1 aromatic carbocycles. The zero-order valence-electron chi connectivity index (χ0n) is 13.3. The lowest BCUT2D eigenvalue weighted by atomic mass is 10.3. The van der Waals surface area contributed by atoms with Gasteiger partial charge in [-0.2, -0.15) is 16.1 Å². The monoisotopic (exact) mass is 330 g/mol. The Kier molecular flexibility index (Phi) is 7.56. The van der Waals surface area contributed by atoms with Gasteiger partial charge in [0, 0.05) is 25.4 Å². The van der Waals surface area contributed by atoms with Crippen molar-refractivity contribution in [3.63, 3.8) is 0 Å². The molecule has 0 saturated heterocycles. The van der Waals surface area contributed by atoms with Gasteiger partial charge in [-0.05, 0) is 31.2 Å². The molecule has 0 spiro atoms. The largest absolute Gasteiger partial charge is 0.384 e. The Morgan fingerprint density at radius 3 is 2.52 bits per heavy atom. The maximum absolute atomic E-state index is 12.9. The standard InChI is InChI=1S/C15H26N2O2S2/c1-5-11-16-14-9-7-8-10-15(14)21(18,19)17(3)13(6-2)12-20-4/h7-10,13,16H,5-6,11-12H2,1-4H3. The van der Waals surface area contributed by atoms with Gasteiger partial charge in [-0.25, -0.2) is 8.42 Å². The van der Waals surface area contributed by atoms with Gasteiger partial charge in [-0.15, -0.1) is 0 Å². The van der Waals surface area contributed by atoms with Crippen molar-refractivity contribution >= 4 is 27.5 Å². The van der Waals surface area contributed by atoms with Crippen molar-refractivity contribution in [2.24, 2.45) is 0 Å². The number of benzene rings is 1. The number of sulfonamides is 1. The van der Waals surface area contributed by atoms with E-state index in [1.54, 1.807) is 30.9 Å². The summed E-state index contributed by atoms with van der Waals surface area (Å²) in [5.41, 5.74) is 0.685. The summed E-state index contributed by atoms with van der Waals surface area (Å²) < 4.78 is 27.2. The first-order valence-corrected chi connectivity index (χ1v) is 10.1. The molecule has 0 amide bonds. The van der Waals surface area contributed by atoms with Gasteiger partial charge in [-0.1, -0.05) is 26.0 Å². The second kappa shape index (κ2) is 8.66. The Balaban J connectivity index is 3.12. The summed E-state index contributed by atoms with van der Waals surface area (Å²) in [4.78, 5) is 0.362. The van der Waals surface area contributed by atoms with Gasteiger partial charge < -0.3 is 5.32 Å². The highest BCUT2D eigenvalue weighted by Gasteiger charge is 2.28. The topological polar surface area (TPSA) is 49.4 Å². The summed E-state index contributed by atoms with van der Waals surface area (Å²) >= 11 is 1.67. The van der Waals surface area contributed by atoms with Crippen molar-refractivity contribution in [2.45, 2.75) is 37.6 Å². The van der Waals surface area contributed by atoms with Gasteiger partial charge in [0.2, 0.25) is 10.0 Å². The van der Waals surface area contributed by atoms with E-state index >= 15 is 0 Å². The molecule has 21 heavy (non-hydrogen) atoms. The minimum absolute atomic E-state index is 0.0178. The summed E-state index contributed by atoms with van der Waals surface area (Å²) in [7, 11) is -1.80. The van der Waals surface area contributed by atoms with Crippen molar-refractivity contribution in [2.75, 3.05) is 30.9 Å². The van der Waals surface area contributed by atoms with Gasteiger partial charge in [0.15, 0.2) is 0 Å². The lowest BCUT2D eigenvalue weighted by Gasteiger charge is -2.27. The quantitative estimate of drug-likeness (QED) is 0.755. The van der Waals surface area contributed by atoms with E-state index in [0.29, 0.717) is 10.6 Å². The minimum Gasteiger partial charge on any atom is -0.384 e. The average molecular weight is 331 g/mol. The molecule has 0 bridgehead atoms. The van der Waals surface area contributed by atoms with Gasteiger partial charge >= 0.3 is 0 Å². The Morgan fingerprint density at radius 2 is 1.95 bits per heavy atom. The molecule has 4 nitrogen and oxygen atoms in total. The number of thioether (sulfide) groups is 1. The number of para-hydroxylation sites is 1. The average Bonchev–Trinajstić information content (AvgIpc) is 2.50. The van der Waals surface area contributed by atoms with Crippen LogP contribution in [-0.4, -0.2) is 44.4 Å². The van der Waals surface area contributed by atoms with Crippen LogP contribution >= 0.6 is 11.8 Å². The van der Waals surface area contributed by atoms with Gasteiger partial charge in [0.1, 0.15) is 4.90 Å². The molecular formula is C15H26N2O2S2. The lowest BCUT2D eigenvalue weighted by molar-refractivity contribution is 0.385. The van der Waals surface area contributed by atoms with Crippen LogP contribution in [0.4, 0.5) is 5.69 Å². The Bertz CT molecular complexity index is 532. The molecule has 0 aliphatic heterocycles. The summed E-state index contributed by atoms with van der Waals surface area (Å²) in [6, 6.07) is 7.15. The molecule has 0 saturated carbocycles. The fourth-order valence-electron chi connectivity index (χ4n) is 2.12. The fourth-order valence-corrected chi connectivity index (χ4v) is 4.65. The number of hydrogen-bond acceptors (Lipinski definition) is 4. The molecule has 1 atom stereocenters. The summed E-state index contributed by atoms with van der Waals surface area (Å²) in [6.45, 7) is 4.84. The maximum Gasteiger partial charge on any atom is 0.245 e. The van der Waals surface area contributed by atoms with Crippen LogP contribution in [0, 0.1) is 0 Å². The zero-order valence-corrected chi connectivity index (χ0v) is 14.9. The van der Waals surface area contributed by atoms with E-state index in [-0.39, 0.29) is 6.04 Å². The van der Waals surface area contributed by atoms with Gasteiger partial charge in [0.25, 0.3) is 0 Å². The first-order valence-electron chi connectivity index (χ1n) is 7.28. The molecule has 0 heterocycles. The first kappa shape index (κ1) is 18.3. The van der Waals surface area contributed by atoms with Crippen molar-refractivity contribution in [1.82, 2.24) is 4.31 Å². The molecule has 1 unspecified atom stereocenters. The summed E-state index contributed by atoms with van der Waals surface area (Å²) in [5.74, 6) is 0.802. The van der Waals surface area contributed by atoms with E-state index in [0.717, 1.165) is 25.1 Å². The van der Waals surface area contributed by atoms with E-state index in [1.807, 2.05) is 25.3 Å². The Morgan fingerprint density at radius 1 is 1.29 bits per heavy atom. The molecule has 6 heteroatoms. The normalized spacial score (nSPS) is 13.4. The van der Waals surface area contributed by atoms with Crippen LogP contribution < -0.4 is 5.32 Å². The molecule has 1 aromatic rings. The van der Waals surface area contributed by atoms with Gasteiger partial charge in [0.05, 0.1) is 5.69 Å². The summed E-state index contributed by atoms with van der Waals surface area (Å²) in [6.07, 6.45) is 3.76. The lowest BCUT2D eigenvalue weighted by Crippen LogP contribution is -2.38. The third kappa shape index (κ3) is 4.63. The fraction of sp³-hybridized carbons (Fsp3) is 0.600. The number of hydrogen-bond donors (Lipinski definition) is 1. The van der Waals surface area contributed by atoms with Crippen LogP contribution in [0.5, 0.6) is 0 Å². The van der Waals surface area contributed by atoms with Gasteiger partial charge in [-0.3, -0.25) is 0 Å². The van der Waals surface area contributed by atoms with E-state index in [2.05, 4.69) is 12.2 Å². The number of rotatable bonds is 9. The number of nitrogens with one attached hydrogen (secondary N) is 1. The van der Waals surface area contributed by atoms with Crippen LogP contribution in [0.15, 0.2) is 29.2 Å². The maximum atomic E-state index is 12.9. The molecule has 0 aliphatic rings. The van der Waals surface area contributed by atoms with Crippen LogP contribution in [0.25, 0.3) is 0 Å². The molecule has 0 aliphatic carbocycles. The predicted molar refractivity (Wildman–Crippen MR) is 92.6 cm³/mol. The van der Waals surface area contributed by atoms with E-state index in [1.165, 1.54) is 4.31 Å². The molecule has 0 fully saturated rings. The summed E-state index contributed by atoms with van der Waals surface area (Å²) in [5, 5.41) is 3.20. The second-order valence-corrected chi connectivity index (χ2v) is 7.84. The Hall–Kier alpha value is -0.720. The highest BCUT2D eigenvalue weighted by Crippen LogP contribution is 2.26.